The Morgan fingerprint density at radius 3 is 2.40 bits per heavy atom. The quantitative estimate of drug-likeness (QED) is 0.748. The summed E-state index contributed by atoms with van der Waals surface area (Å²) in [5.74, 6) is -0.785. The minimum absolute atomic E-state index is 0.0176. The van der Waals surface area contributed by atoms with Crippen molar-refractivity contribution in [2.45, 2.75) is 31.7 Å². The van der Waals surface area contributed by atoms with Crippen LogP contribution in [0.4, 0.5) is 4.79 Å². The maximum atomic E-state index is 12.1. The van der Waals surface area contributed by atoms with E-state index in [4.69, 9.17) is 5.11 Å². The van der Waals surface area contributed by atoms with Gasteiger partial charge in [-0.05, 0) is 25.2 Å². The lowest BCUT2D eigenvalue weighted by atomic mass is 9.85. The summed E-state index contributed by atoms with van der Waals surface area (Å²) < 4.78 is 22.9. The Balaban J connectivity index is 1.95. The van der Waals surface area contributed by atoms with Gasteiger partial charge in [0.15, 0.2) is 9.84 Å². The fraction of sp³-hybridized carbons (Fsp3) is 0.833. The number of hydrogen-bond donors (Lipinski definition) is 2. The molecule has 0 bridgehead atoms. The van der Waals surface area contributed by atoms with E-state index in [-0.39, 0.29) is 11.5 Å². The normalized spacial score (nSPS) is 24.9. The van der Waals surface area contributed by atoms with Crippen molar-refractivity contribution in [2.75, 3.05) is 24.6 Å². The molecule has 2 amide bonds. The first-order valence-corrected chi connectivity index (χ1v) is 8.66. The van der Waals surface area contributed by atoms with Gasteiger partial charge in [-0.15, -0.1) is 0 Å². The average molecular weight is 304 g/mol. The summed E-state index contributed by atoms with van der Waals surface area (Å²) in [6, 6.07) is -1.00. The number of sulfone groups is 1. The minimum Gasteiger partial charge on any atom is -0.480 e. The molecule has 2 aliphatic rings. The molecule has 1 heterocycles. The van der Waals surface area contributed by atoms with Crippen LogP contribution < -0.4 is 5.32 Å². The largest absolute Gasteiger partial charge is 0.480 e. The third kappa shape index (κ3) is 3.84. The molecule has 0 aromatic rings. The zero-order chi connectivity index (χ0) is 14.8. The highest BCUT2D eigenvalue weighted by Crippen LogP contribution is 2.25. The number of urea groups is 1. The van der Waals surface area contributed by atoms with Gasteiger partial charge in [-0.25, -0.2) is 13.2 Å². The molecule has 7 nitrogen and oxygen atoms in total. The topological polar surface area (TPSA) is 104 Å². The van der Waals surface area contributed by atoms with Crippen molar-refractivity contribution in [1.29, 1.82) is 0 Å². The zero-order valence-electron chi connectivity index (χ0n) is 11.2. The van der Waals surface area contributed by atoms with Crippen molar-refractivity contribution < 1.29 is 23.1 Å². The predicted octanol–water partition coefficient (Wildman–Crippen LogP) is 0.0698. The Hall–Kier alpha value is -1.31. The van der Waals surface area contributed by atoms with Crippen molar-refractivity contribution in [1.82, 2.24) is 10.2 Å². The Labute approximate surface area is 118 Å². The van der Waals surface area contributed by atoms with Crippen LogP contribution in [0.15, 0.2) is 0 Å². The third-order valence-electron chi connectivity index (χ3n) is 3.98. The van der Waals surface area contributed by atoms with Gasteiger partial charge in [0.05, 0.1) is 11.5 Å². The van der Waals surface area contributed by atoms with E-state index in [1.807, 2.05) is 0 Å². The van der Waals surface area contributed by atoms with Crippen molar-refractivity contribution >= 4 is 21.8 Å². The lowest BCUT2D eigenvalue weighted by Gasteiger charge is -2.30. The molecule has 1 aliphatic carbocycles. The highest BCUT2D eigenvalue weighted by molar-refractivity contribution is 7.91. The minimum atomic E-state index is -3.15. The van der Waals surface area contributed by atoms with Crippen LogP contribution in [-0.4, -0.2) is 61.1 Å². The molecular formula is C12H20N2O5S. The smallest absolute Gasteiger partial charge is 0.323 e. The number of rotatable bonds is 5. The first-order valence-electron chi connectivity index (χ1n) is 6.84. The number of carboxylic acids is 1. The second-order valence-corrected chi connectivity index (χ2v) is 7.79. The van der Waals surface area contributed by atoms with Crippen LogP contribution in [0, 0.1) is 5.92 Å². The first kappa shape index (κ1) is 15.1. The lowest BCUT2D eigenvalue weighted by molar-refractivity contribution is -0.138. The van der Waals surface area contributed by atoms with Gasteiger partial charge < -0.3 is 15.3 Å². The van der Waals surface area contributed by atoms with Crippen LogP contribution >= 0.6 is 0 Å². The van der Waals surface area contributed by atoms with Gasteiger partial charge in [0.25, 0.3) is 0 Å². The van der Waals surface area contributed by atoms with Gasteiger partial charge in [-0.2, -0.15) is 0 Å². The summed E-state index contributed by atoms with van der Waals surface area (Å²) in [6.45, 7) is 0.0745. The molecular weight excluding hydrogens is 284 g/mol. The number of hydrogen-bond acceptors (Lipinski definition) is 4. The summed E-state index contributed by atoms with van der Waals surface area (Å²) >= 11 is 0. The molecule has 0 radical (unpaired) electrons. The second-order valence-electron chi connectivity index (χ2n) is 5.56. The standard InChI is InChI=1S/C12H20N2O5S/c15-11(16)7-14(10-4-5-20(18,19)8-10)12(17)13-6-9-2-1-3-9/h9-10H,1-8H2,(H,13,17)(H,15,16). The van der Waals surface area contributed by atoms with Gasteiger partial charge in [0.1, 0.15) is 6.54 Å². The molecule has 2 fully saturated rings. The molecule has 2 N–H and O–H groups in total. The molecule has 114 valence electrons. The van der Waals surface area contributed by atoms with Crippen molar-refractivity contribution in [2.24, 2.45) is 5.92 Å². The molecule has 0 spiro atoms. The van der Waals surface area contributed by atoms with Gasteiger partial charge in [0.2, 0.25) is 0 Å². The second kappa shape index (κ2) is 5.99. The van der Waals surface area contributed by atoms with E-state index in [9.17, 15) is 18.0 Å². The number of carbonyl (C=O) groups is 2. The van der Waals surface area contributed by atoms with Crippen molar-refractivity contribution in [3.63, 3.8) is 0 Å². The molecule has 8 heteroatoms. The molecule has 1 atom stereocenters. The van der Waals surface area contributed by atoms with Crippen LogP contribution in [0.1, 0.15) is 25.7 Å². The highest BCUT2D eigenvalue weighted by Gasteiger charge is 2.35. The van der Waals surface area contributed by atoms with E-state index in [2.05, 4.69) is 5.32 Å². The summed E-state index contributed by atoms with van der Waals surface area (Å²) in [4.78, 5) is 24.1. The van der Waals surface area contributed by atoms with E-state index in [0.717, 1.165) is 17.7 Å². The van der Waals surface area contributed by atoms with E-state index in [1.54, 1.807) is 0 Å². The van der Waals surface area contributed by atoms with E-state index in [1.165, 1.54) is 6.42 Å². The maximum absolute atomic E-state index is 12.1. The van der Waals surface area contributed by atoms with Gasteiger partial charge in [-0.1, -0.05) is 6.42 Å². The molecule has 1 unspecified atom stereocenters. The number of nitrogens with zero attached hydrogens (tertiary/aromatic N) is 1. The fourth-order valence-electron chi connectivity index (χ4n) is 2.56. The number of aliphatic carboxylic acids is 1. The summed E-state index contributed by atoms with van der Waals surface area (Å²) in [5.41, 5.74) is 0. The third-order valence-corrected chi connectivity index (χ3v) is 5.73. The molecule has 0 aromatic carbocycles. The molecule has 1 saturated carbocycles. The maximum Gasteiger partial charge on any atom is 0.323 e. The summed E-state index contributed by atoms with van der Waals surface area (Å²) in [7, 11) is -3.15. The molecule has 2 rings (SSSR count). The molecule has 1 aliphatic heterocycles. The lowest BCUT2D eigenvalue weighted by Crippen LogP contribution is -2.50. The van der Waals surface area contributed by atoms with Crippen LogP contribution in [0.3, 0.4) is 0 Å². The summed E-state index contributed by atoms with van der Waals surface area (Å²) in [5, 5.41) is 11.6. The van der Waals surface area contributed by atoms with Crippen LogP contribution in [0.5, 0.6) is 0 Å². The van der Waals surface area contributed by atoms with Gasteiger partial charge in [-0.3, -0.25) is 4.79 Å². The van der Waals surface area contributed by atoms with Crippen LogP contribution in [0.25, 0.3) is 0 Å². The van der Waals surface area contributed by atoms with Crippen LogP contribution in [0.2, 0.25) is 0 Å². The highest BCUT2D eigenvalue weighted by atomic mass is 32.2. The predicted molar refractivity (Wildman–Crippen MR) is 72.1 cm³/mol. The Bertz CT molecular complexity index is 486. The zero-order valence-corrected chi connectivity index (χ0v) is 12.1. The molecule has 20 heavy (non-hydrogen) atoms. The van der Waals surface area contributed by atoms with E-state index < -0.39 is 34.4 Å². The fourth-order valence-corrected chi connectivity index (χ4v) is 4.29. The molecule has 1 saturated heterocycles. The van der Waals surface area contributed by atoms with Crippen molar-refractivity contribution in [3.05, 3.63) is 0 Å². The van der Waals surface area contributed by atoms with Gasteiger partial charge >= 0.3 is 12.0 Å². The Morgan fingerprint density at radius 2 is 1.95 bits per heavy atom. The number of amides is 2. The van der Waals surface area contributed by atoms with E-state index in [0.29, 0.717) is 18.9 Å². The number of carboxylic acid groups (broad SMARTS) is 1. The number of carbonyl (C=O) groups excluding carboxylic acids is 1. The monoisotopic (exact) mass is 304 g/mol. The average Bonchev–Trinajstić information content (AvgIpc) is 2.64. The van der Waals surface area contributed by atoms with Crippen LogP contribution in [-0.2, 0) is 14.6 Å². The number of nitrogens with one attached hydrogen (secondary N) is 1. The first-order chi connectivity index (χ1) is 9.37. The Kier molecular flexibility index (Phi) is 4.52. The molecule has 0 aromatic heterocycles. The SMILES string of the molecule is O=C(O)CN(C(=O)NCC1CCC1)C1CCS(=O)(=O)C1. The Morgan fingerprint density at radius 1 is 1.25 bits per heavy atom. The van der Waals surface area contributed by atoms with E-state index >= 15 is 0 Å². The van der Waals surface area contributed by atoms with Gasteiger partial charge in [0, 0.05) is 12.6 Å². The summed E-state index contributed by atoms with van der Waals surface area (Å²) in [6.07, 6.45) is 3.64. The van der Waals surface area contributed by atoms with Crippen molar-refractivity contribution in [3.8, 4) is 0 Å².